The largest absolute Gasteiger partial charge is 0.377 e. The second-order valence-corrected chi connectivity index (χ2v) is 6.76. The van der Waals surface area contributed by atoms with Gasteiger partial charge in [0.05, 0.1) is 17.1 Å². The van der Waals surface area contributed by atoms with E-state index < -0.39 is 27.7 Å². The van der Waals surface area contributed by atoms with Crippen LogP contribution in [0.15, 0.2) is 18.2 Å². The number of rotatable bonds is 5. The molecule has 1 saturated heterocycles. The van der Waals surface area contributed by atoms with Crippen LogP contribution in [0, 0.1) is 11.6 Å². The van der Waals surface area contributed by atoms with Crippen LogP contribution in [0.1, 0.15) is 43.4 Å². The SMILES string of the molecule is CCC(c1ccc(F)cc1F)S(=O)CC1CCCCO1. The number of benzene rings is 1. The molecule has 0 saturated carbocycles. The first-order valence-electron chi connectivity index (χ1n) is 7.05. The summed E-state index contributed by atoms with van der Waals surface area (Å²) in [5.74, 6) is -0.799. The lowest BCUT2D eigenvalue weighted by Gasteiger charge is -2.24. The van der Waals surface area contributed by atoms with Crippen molar-refractivity contribution >= 4 is 10.8 Å². The lowest BCUT2D eigenvalue weighted by atomic mass is 10.1. The van der Waals surface area contributed by atoms with Gasteiger partial charge >= 0.3 is 0 Å². The van der Waals surface area contributed by atoms with Crippen molar-refractivity contribution in [2.24, 2.45) is 0 Å². The molecule has 3 unspecified atom stereocenters. The van der Waals surface area contributed by atoms with E-state index in [2.05, 4.69) is 0 Å². The predicted octanol–water partition coefficient (Wildman–Crippen LogP) is 3.73. The molecule has 0 aliphatic carbocycles. The van der Waals surface area contributed by atoms with E-state index in [-0.39, 0.29) is 6.10 Å². The maximum absolute atomic E-state index is 13.8. The van der Waals surface area contributed by atoms with Crippen molar-refractivity contribution in [3.05, 3.63) is 35.4 Å². The van der Waals surface area contributed by atoms with Crippen LogP contribution in [-0.2, 0) is 15.5 Å². The fourth-order valence-corrected chi connectivity index (χ4v) is 4.26. The van der Waals surface area contributed by atoms with Crippen LogP contribution in [0.2, 0.25) is 0 Å². The quantitative estimate of drug-likeness (QED) is 0.828. The van der Waals surface area contributed by atoms with Crippen LogP contribution in [0.4, 0.5) is 8.78 Å². The van der Waals surface area contributed by atoms with Crippen LogP contribution in [0.3, 0.4) is 0 Å². The lowest BCUT2D eigenvalue weighted by molar-refractivity contribution is 0.0309. The summed E-state index contributed by atoms with van der Waals surface area (Å²) in [6.45, 7) is 2.58. The second kappa shape index (κ2) is 7.27. The van der Waals surface area contributed by atoms with Crippen molar-refractivity contribution in [2.75, 3.05) is 12.4 Å². The van der Waals surface area contributed by atoms with Gasteiger partial charge in [-0.15, -0.1) is 0 Å². The molecular formula is C15H20F2O2S. The molecule has 1 aromatic rings. The molecule has 1 aliphatic heterocycles. The molecule has 5 heteroatoms. The molecule has 0 spiro atoms. The van der Waals surface area contributed by atoms with Gasteiger partial charge in [0.25, 0.3) is 0 Å². The van der Waals surface area contributed by atoms with E-state index in [1.54, 1.807) is 0 Å². The van der Waals surface area contributed by atoms with Crippen LogP contribution in [0.5, 0.6) is 0 Å². The highest BCUT2D eigenvalue weighted by Crippen LogP contribution is 2.28. The van der Waals surface area contributed by atoms with Gasteiger partial charge in [-0.1, -0.05) is 13.0 Å². The van der Waals surface area contributed by atoms with Gasteiger partial charge in [-0.25, -0.2) is 8.78 Å². The third-order valence-electron chi connectivity index (χ3n) is 3.62. The Balaban J connectivity index is 2.08. The Labute approximate surface area is 121 Å². The highest BCUT2D eigenvalue weighted by Gasteiger charge is 2.25. The molecule has 0 N–H and O–H groups in total. The molecule has 2 nitrogen and oxygen atoms in total. The Hall–Kier alpha value is -0.810. The topological polar surface area (TPSA) is 26.3 Å². The molecule has 2 rings (SSSR count). The van der Waals surface area contributed by atoms with E-state index in [1.165, 1.54) is 12.1 Å². The number of hydrogen-bond acceptors (Lipinski definition) is 2. The molecule has 3 atom stereocenters. The van der Waals surface area contributed by atoms with Crippen LogP contribution in [0.25, 0.3) is 0 Å². The Kier molecular flexibility index (Phi) is 5.66. The van der Waals surface area contributed by atoms with Gasteiger partial charge in [0, 0.05) is 29.0 Å². The standard InChI is InChI=1S/C15H20F2O2S/c1-2-15(13-7-6-11(16)9-14(13)17)20(18)10-12-5-3-4-8-19-12/h6-7,9,12,15H,2-5,8,10H2,1H3. The summed E-state index contributed by atoms with van der Waals surface area (Å²) < 4.78 is 44.8. The van der Waals surface area contributed by atoms with Gasteiger partial charge in [0.2, 0.25) is 0 Å². The normalized spacial score (nSPS) is 22.4. The number of hydrogen-bond donors (Lipinski definition) is 0. The fourth-order valence-electron chi connectivity index (χ4n) is 2.55. The zero-order valence-electron chi connectivity index (χ0n) is 11.6. The first-order valence-corrected chi connectivity index (χ1v) is 8.43. The first kappa shape index (κ1) is 15.6. The smallest absolute Gasteiger partial charge is 0.130 e. The van der Waals surface area contributed by atoms with Gasteiger partial charge in [-0.05, 0) is 31.7 Å². The van der Waals surface area contributed by atoms with Crippen molar-refractivity contribution in [1.29, 1.82) is 0 Å². The Morgan fingerprint density at radius 1 is 1.40 bits per heavy atom. The zero-order chi connectivity index (χ0) is 14.5. The molecule has 0 bridgehead atoms. The van der Waals surface area contributed by atoms with Crippen molar-refractivity contribution in [1.82, 2.24) is 0 Å². The van der Waals surface area contributed by atoms with Crippen molar-refractivity contribution < 1.29 is 17.7 Å². The predicted molar refractivity (Wildman–Crippen MR) is 76.0 cm³/mol. The molecular weight excluding hydrogens is 282 g/mol. The van der Waals surface area contributed by atoms with E-state index >= 15 is 0 Å². The fraction of sp³-hybridized carbons (Fsp3) is 0.600. The van der Waals surface area contributed by atoms with Gasteiger partial charge in [0.1, 0.15) is 11.6 Å². The Morgan fingerprint density at radius 3 is 2.80 bits per heavy atom. The minimum Gasteiger partial charge on any atom is -0.377 e. The summed E-state index contributed by atoms with van der Waals surface area (Å²) in [4.78, 5) is 0. The van der Waals surface area contributed by atoms with Crippen LogP contribution < -0.4 is 0 Å². The highest BCUT2D eigenvalue weighted by atomic mass is 32.2. The molecule has 0 amide bonds. The summed E-state index contributed by atoms with van der Waals surface area (Å²) >= 11 is 0. The maximum Gasteiger partial charge on any atom is 0.130 e. The van der Waals surface area contributed by atoms with Crippen molar-refractivity contribution in [2.45, 2.75) is 44.0 Å². The molecule has 0 aromatic heterocycles. The first-order chi connectivity index (χ1) is 9.61. The maximum atomic E-state index is 13.8. The molecule has 1 aliphatic rings. The lowest BCUT2D eigenvalue weighted by Crippen LogP contribution is -2.27. The summed E-state index contributed by atoms with van der Waals surface area (Å²) in [7, 11) is -1.21. The molecule has 1 heterocycles. The average Bonchev–Trinajstić information content (AvgIpc) is 2.43. The van der Waals surface area contributed by atoms with Gasteiger partial charge in [-0.3, -0.25) is 4.21 Å². The van der Waals surface area contributed by atoms with Gasteiger partial charge in [-0.2, -0.15) is 0 Å². The monoisotopic (exact) mass is 302 g/mol. The van der Waals surface area contributed by atoms with Crippen molar-refractivity contribution in [3.8, 4) is 0 Å². The minimum atomic E-state index is -1.21. The summed E-state index contributed by atoms with van der Waals surface area (Å²) in [5, 5.41) is -0.402. The third kappa shape index (κ3) is 3.85. The van der Waals surface area contributed by atoms with E-state index in [9.17, 15) is 13.0 Å². The van der Waals surface area contributed by atoms with Gasteiger partial charge in [0.15, 0.2) is 0 Å². The average molecular weight is 302 g/mol. The molecule has 112 valence electrons. The summed E-state index contributed by atoms with van der Waals surface area (Å²) in [6.07, 6.45) is 3.61. The Bertz CT molecular complexity index is 473. The summed E-state index contributed by atoms with van der Waals surface area (Å²) in [5.41, 5.74) is 0.336. The van der Waals surface area contributed by atoms with Crippen LogP contribution in [-0.4, -0.2) is 22.7 Å². The van der Waals surface area contributed by atoms with E-state index in [4.69, 9.17) is 4.74 Å². The van der Waals surface area contributed by atoms with E-state index in [0.29, 0.717) is 24.3 Å². The minimum absolute atomic E-state index is 0.00198. The van der Waals surface area contributed by atoms with Crippen LogP contribution >= 0.6 is 0 Å². The molecule has 1 aromatic carbocycles. The molecule has 0 radical (unpaired) electrons. The van der Waals surface area contributed by atoms with Gasteiger partial charge < -0.3 is 4.74 Å². The highest BCUT2D eigenvalue weighted by molar-refractivity contribution is 7.85. The van der Waals surface area contributed by atoms with E-state index in [0.717, 1.165) is 25.3 Å². The summed E-state index contributed by atoms with van der Waals surface area (Å²) in [6, 6.07) is 3.47. The third-order valence-corrected chi connectivity index (χ3v) is 5.54. The second-order valence-electron chi connectivity index (χ2n) is 5.10. The molecule has 20 heavy (non-hydrogen) atoms. The zero-order valence-corrected chi connectivity index (χ0v) is 12.4. The molecule has 1 fully saturated rings. The number of halogens is 2. The number of ether oxygens (including phenoxy) is 1. The van der Waals surface area contributed by atoms with E-state index in [1.807, 2.05) is 6.92 Å². The Morgan fingerprint density at radius 2 is 2.20 bits per heavy atom. The van der Waals surface area contributed by atoms with Crippen molar-refractivity contribution in [3.63, 3.8) is 0 Å².